The van der Waals surface area contributed by atoms with Crippen LogP contribution in [0.25, 0.3) is 11.1 Å². The van der Waals surface area contributed by atoms with Crippen molar-refractivity contribution in [1.29, 1.82) is 5.41 Å². The highest BCUT2D eigenvalue weighted by Gasteiger charge is 1.98. The Morgan fingerprint density at radius 1 is 0.941 bits per heavy atom. The lowest BCUT2D eigenvalue weighted by Crippen LogP contribution is -2.19. The van der Waals surface area contributed by atoms with Gasteiger partial charge in [0.05, 0.1) is 0 Å². The topological polar surface area (TPSA) is 59.1 Å². The van der Waals surface area contributed by atoms with Gasteiger partial charge in [-0.05, 0) is 23.3 Å². The summed E-state index contributed by atoms with van der Waals surface area (Å²) in [6, 6.07) is 17.9. The van der Waals surface area contributed by atoms with Crippen LogP contribution in [0, 0.1) is 5.41 Å². The van der Waals surface area contributed by atoms with Crippen molar-refractivity contribution in [2.24, 2.45) is 5.73 Å². The molecule has 0 aliphatic heterocycles. The van der Waals surface area contributed by atoms with Crippen LogP contribution in [-0.4, -0.2) is 12.4 Å². The van der Waals surface area contributed by atoms with E-state index in [4.69, 9.17) is 15.9 Å². The molecule has 0 heterocycles. The van der Waals surface area contributed by atoms with Crippen molar-refractivity contribution in [3.63, 3.8) is 0 Å². The molecule has 0 fully saturated rings. The third-order valence-electron chi connectivity index (χ3n) is 2.36. The van der Waals surface area contributed by atoms with Gasteiger partial charge in [-0.2, -0.15) is 0 Å². The van der Waals surface area contributed by atoms with Gasteiger partial charge in [-0.1, -0.05) is 42.5 Å². The van der Waals surface area contributed by atoms with E-state index in [1.165, 1.54) is 5.56 Å². The summed E-state index contributed by atoms with van der Waals surface area (Å²) in [5.74, 6) is 0.747. The average Bonchev–Trinajstić information content (AvgIpc) is 2.38. The minimum atomic E-state index is 0.0251. The zero-order chi connectivity index (χ0) is 12.1. The Labute approximate surface area is 100 Å². The molecule has 0 bridgehead atoms. The van der Waals surface area contributed by atoms with E-state index >= 15 is 0 Å². The molecule has 0 saturated heterocycles. The molecule has 3 nitrogen and oxygen atoms in total. The third-order valence-corrected chi connectivity index (χ3v) is 2.36. The molecule has 0 aromatic heterocycles. The van der Waals surface area contributed by atoms with E-state index in [0.717, 1.165) is 11.3 Å². The smallest absolute Gasteiger partial charge is 0.145 e. The van der Waals surface area contributed by atoms with Gasteiger partial charge in [0.2, 0.25) is 0 Å². The number of benzene rings is 2. The van der Waals surface area contributed by atoms with Gasteiger partial charge in [-0.3, -0.25) is 5.41 Å². The van der Waals surface area contributed by atoms with Crippen molar-refractivity contribution >= 4 is 5.84 Å². The average molecular weight is 226 g/mol. The van der Waals surface area contributed by atoms with Gasteiger partial charge in [-0.25, -0.2) is 0 Å². The minimum absolute atomic E-state index is 0.0251. The molecule has 2 rings (SSSR count). The molecular weight excluding hydrogens is 212 g/mol. The molecule has 0 unspecified atom stereocenters. The number of nitrogens with two attached hydrogens (primary N) is 1. The van der Waals surface area contributed by atoms with Crippen LogP contribution < -0.4 is 10.5 Å². The van der Waals surface area contributed by atoms with Crippen LogP contribution in [0.1, 0.15) is 0 Å². The molecule has 0 aliphatic carbocycles. The second-order valence-corrected chi connectivity index (χ2v) is 3.70. The van der Waals surface area contributed by atoms with E-state index in [-0.39, 0.29) is 12.4 Å². The zero-order valence-electron chi connectivity index (χ0n) is 9.39. The first-order valence-electron chi connectivity index (χ1n) is 5.37. The largest absolute Gasteiger partial charge is 0.486 e. The van der Waals surface area contributed by atoms with Gasteiger partial charge in [0.25, 0.3) is 0 Å². The van der Waals surface area contributed by atoms with Crippen molar-refractivity contribution in [2.45, 2.75) is 0 Å². The Bertz CT molecular complexity index is 491. The van der Waals surface area contributed by atoms with Crippen LogP contribution in [0.15, 0.2) is 54.6 Å². The number of rotatable bonds is 4. The normalized spacial score (nSPS) is 9.88. The summed E-state index contributed by atoms with van der Waals surface area (Å²) < 4.78 is 5.31. The lowest BCUT2D eigenvalue weighted by molar-refractivity contribution is 0.374. The fourth-order valence-corrected chi connectivity index (χ4v) is 1.54. The molecule has 0 radical (unpaired) electrons. The van der Waals surface area contributed by atoms with E-state index < -0.39 is 0 Å². The molecule has 3 heteroatoms. The predicted octanol–water partition coefficient (Wildman–Crippen LogP) is 2.67. The maximum absolute atomic E-state index is 7.07. The molecule has 0 amide bonds. The molecular formula is C14H14N2O. The Kier molecular flexibility index (Phi) is 3.40. The van der Waals surface area contributed by atoms with Crippen LogP contribution >= 0.6 is 0 Å². The van der Waals surface area contributed by atoms with Gasteiger partial charge in [-0.15, -0.1) is 0 Å². The monoisotopic (exact) mass is 226 g/mol. The summed E-state index contributed by atoms with van der Waals surface area (Å²) in [6.07, 6.45) is 0. The maximum atomic E-state index is 7.07. The van der Waals surface area contributed by atoms with E-state index in [1.807, 2.05) is 42.5 Å². The molecule has 2 aromatic carbocycles. The van der Waals surface area contributed by atoms with Crippen LogP contribution in [0.4, 0.5) is 0 Å². The molecule has 0 spiro atoms. The first-order chi connectivity index (χ1) is 8.25. The van der Waals surface area contributed by atoms with Crippen LogP contribution in [0.5, 0.6) is 5.75 Å². The van der Waals surface area contributed by atoms with Crippen molar-refractivity contribution in [3.8, 4) is 16.9 Å². The highest BCUT2D eigenvalue weighted by atomic mass is 16.5. The van der Waals surface area contributed by atoms with Gasteiger partial charge in [0.15, 0.2) is 0 Å². The zero-order valence-corrected chi connectivity index (χ0v) is 9.39. The Hall–Kier alpha value is -2.29. The molecule has 86 valence electrons. The Morgan fingerprint density at radius 2 is 1.53 bits per heavy atom. The number of hydrogen-bond donors (Lipinski definition) is 2. The van der Waals surface area contributed by atoms with Gasteiger partial charge < -0.3 is 10.5 Å². The van der Waals surface area contributed by atoms with Crippen molar-refractivity contribution in [2.75, 3.05) is 6.61 Å². The fraction of sp³-hybridized carbons (Fsp3) is 0.0714. The SMILES string of the molecule is N=C(N)COc1ccc(-c2ccccc2)cc1. The summed E-state index contributed by atoms with van der Waals surface area (Å²) in [4.78, 5) is 0. The highest BCUT2D eigenvalue weighted by Crippen LogP contribution is 2.21. The highest BCUT2D eigenvalue weighted by molar-refractivity contribution is 5.78. The predicted molar refractivity (Wildman–Crippen MR) is 69.3 cm³/mol. The minimum Gasteiger partial charge on any atom is -0.486 e. The number of amidine groups is 1. The second-order valence-electron chi connectivity index (χ2n) is 3.70. The Morgan fingerprint density at radius 3 is 2.12 bits per heavy atom. The van der Waals surface area contributed by atoms with Crippen LogP contribution in [-0.2, 0) is 0 Å². The Balaban J connectivity index is 2.11. The summed E-state index contributed by atoms with van der Waals surface area (Å²) >= 11 is 0. The van der Waals surface area contributed by atoms with E-state index in [1.54, 1.807) is 0 Å². The summed E-state index contributed by atoms with van der Waals surface area (Å²) in [7, 11) is 0. The van der Waals surface area contributed by atoms with E-state index in [0.29, 0.717) is 0 Å². The lowest BCUT2D eigenvalue weighted by Gasteiger charge is -2.06. The fourth-order valence-electron chi connectivity index (χ4n) is 1.54. The first-order valence-corrected chi connectivity index (χ1v) is 5.37. The van der Waals surface area contributed by atoms with Crippen LogP contribution in [0.2, 0.25) is 0 Å². The quantitative estimate of drug-likeness (QED) is 0.622. The number of hydrogen-bond acceptors (Lipinski definition) is 2. The molecule has 3 N–H and O–H groups in total. The van der Waals surface area contributed by atoms with Crippen molar-refractivity contribution in [3.05, 3.63) is 54.6 Å². The molecule has 0 atom stereocenters. The van der Waals surface area contributed by atoms with Gasteiger partial charge in [0, 0.05) is 0 Å². The van der Waals surface area contributed by atoms with Crippen molar-refractivity contribution < 1.29 is 4.74 Å². The van der Waals surface area contributed by atoms with Crippen LogP contribution in [0.3, 0.4) is 0 Å². The van der Waals surface area contributed by atoms with E-state index in [9.17, 15) is 0 Å². The van der Waals surface area contributed by atoms with Crippen molar-refractivity contribution in [1.82, 2.24) is 0 Å². The first kappa shape index (κ1) is 11.2. The number of nitrogens with one attached hydrogen (secondary N) is 1. The van der Waals surface area contributed by atoms with Gasteiger partial charge >= 0.3 is 0 Å². The lowest BCUT2D eigenvalue weighted by atomic mass is 10.1. The standard InChI is InChI=1S/C14H14N2O/c15-14(16)10-17-13-8-6-12(7-9-13)11-4-2-1-3-5-11/h1-9H,10H2,(H3,15,16). The second kappa shape index (κ2) is 5.16. The number of ether oxygens (including phenoxy) is 1. The molecule has 0 aliphatic rings. The summed E-state index contributed by atoms with van der Waals surface area (Å²) in [6.45, 7) is 0.130. The third kappa shape index (κ3) is 3.08. The molecule has 0 saturated carbocycles. The van der Waals surface area contributed by atoms with Gasteiger partial charge in [0.1, 0.15) is 18.2 Å². The summed E-state index contributed by atoms with van der Waals surface area (Å²) in [5.41, 5.74) is 7.53. The molecule has 2 aromatic rings. The molecule has 17 heavy (non-hydrogen) atoms. The maximum Gasteiger partial charge on any atom is 0.145 e. The summed E-state index contributed by atoms with van der Waals surface area (Å²) in [5, 5.41) is 7.07. The van der Waals surface area contributed by atoms with E-state index in [2.05, 4.69) is 12.1 Å².